The zero-order chi connectivity index (χ0) is 27.8. The average molecular weight is 532 g/mol. The average Bonchev–Trinajstić information content (AvgIpc) is 3.50. The Morgan fingerprint density at radius 1 is 0.463 bits per heavy atom. The van der Waals surface area contributed by atoms with E-state index in [1.54, 1.807) is 0 Å². The third kappa shape index (κ3) is 4.57. The van der Waals surface area contributed by atoms with Crippen LogP contribution in [0.3, 0.4) is 0 Å². The van der Waals surface area contributed by atoms with Crippen LogP contribution in [0.5, 0.6) is 0 Å². The van der Waals surface area contributed by atoms with E-state index in [0.717, 1.165) is 74.2 Å². The highest BCUT2D eigenvalue weighted by Gasteiger charge is 2.15. The van der Waals surface area contributed by atoms with E-state index < -0.39 is 0 Å². The second-order valence-corrected chi connectivity index (χ2v) is 10.2. The van der Waals surface area contributed by atoms with Crippen LogP contribution in [0.1, 0.15) is 25.0 Å². The molecule has 7 aromatic rings. The first kappa shape index (κ1) is 24.9. The highest BCUT2D eigenvalue weighted by molar-refractivity contribution is 5.87. The van der Waals surface area contributed by atoms with Gasteiger partial charge in [-0.2, -0.15) is 0 Å². The number of aromatic nitrogens is 3. The number of oxazole rings is 1. The second kappa shape index (κ2) is 10.5. The lowest BCUT2D eigenvalue weighted by Gasteiger charge is -2.11. The molecule has 0 aliphatic heterocycles. The van der Waals surface area contributed by atoms with Gasteiger partial charge in [0, 0.05) is 16.7 Å². The molecule has 0 saturated heterocycles. The quantitative estimate of drug-likeness (QED) is 0.214. The fraction of sp³-hybridized carbons (Fsp3) is 0.108. The predicted molar refractivity (Wildman–Crippen MR) is 168 cm³/mol. The SMILES string of the molecule is CCc1ccc(CC)c2oc(-c3ccc(-c4ccc(-c5nc6ccccc6nc5-c5ccccc5)cc4)cc3)nc12. The number of nitrogens with zero attached hydrogens (tertiary/aromatic N) is 3. The van der Waals surface area contributed by atoms with Crippen molar-refractivity contribution in [2.24, 2.45) is 0 Å². The topological polar surface area (TPSA) is 51.8 Å². The first-order valence-electron chi connectivity index (χ1n) is 14.2. The van der Waals surface area contributed by atoms with Crippen molar-refractivity contribution in [2.75, 3.05) is 0 Å². The summed E-state index contributed by atoms with van der Waals surface area (Å²) in [6.07, 6.45) is 1.85. The van der Waals surface area contributed by atoms with E-state index in [-0.39, 0.29) is 0 Å². The van der Waals surface area contributed by atoms with Crippen LogP contribution >= 0.6 is 0 Å². The third-order valence-corrected chi connectivity index (χ3v) is 7.71. The molecule has 0 radical (unpaired) electrons. The Labute approximate surface area is 239 Å². The Kier molecular flexibility index (Phi) is 6.36. The lowest BCUT2D eigenvalue weighted by molar-refractivity contribution is 0.615. The molecule has 198 valence electrons. The van der Waals surface area contributed by atoms with Gasteiger partial charge in [-0.05, 0) is 59.4 Å². The van der Waals surface area contributed by atoms with Crippen molar-refractivity contribution in [3.8, 4) is 45.1 Å². The Bertz CT molecular complexity index is 1950. The van der Waals surface area contributed by atoms with Gasteiger partial charge in [0.1, 0.15) is 5.52 Å². The number of benzene rings is 5. The fourth-order valence-electron chi connectivity index (χ4n) is 5.42. The number of fused-ring (bicyclic) bond motifs is 2. The van der Waals surface area contributed by atoms with Gasteiger partial charge in [-0.25, -0.2) is 15.0 Å². The van der Waals surface area contributed by atoms with Crippen molar-refractivity contribution in [3.63, 3.8) is 0 Å². The Morgan fingerprint density at radius 3 is 1.54 bits per heavy atom. The van der Waals surface area contributed by atoms with E-state index in [1.807, 2.05) is 42.5 Å². The van der Waals surface area contributed by atoms with Gasteiger partial charge in [-0.1, -0.05) is 105 Å². The largest absolute Gasteiger partial charge is 0.436 e. The third-order valence-electron chi connectivity index (χ3n) is 7.71. The van der Waals surface area contributed by atoms with Crippen LogP contribution in [-0.4, -0.2) is 15.0 Å². The Balaban J connectivity index is 1.22. The van der Waals surface area contributed by atoms with Crippen LogP contribution in [-0.2, 0) is 12.8 Å². The van der Waals surface area contributed by atoms with E-state index in [2.05, 4.69) is 86.6 Å². The van der Waals surface area contributed by atoms with Crippen LogP contribution in [0.25, 0.3) is 67.2 Å². The molecule has 0 N–H and O–H groups in total. The molecule has 41 heavy (non-hydrogen) atoms. The maximum absolute atomic E-state index is 6.28. The lowest BCUT2D eigenvalue weighted by Crippen LogP contribution is -1.95. The van der Waals surface area contributed by atoms with Gasteiger partial charge in [-0.15, -0.1) is 0 Å². The minimum Gasteiger partial charge on any atom is -0.436 e. The molecule has 4 nitrogen and oxygen atoms in total. The molecule has 2 heterocycles. The highest BCUT2D eigenvalue weighted by Crippen LogP contribution is 2.34. The van der Waals surface area contributed by atoms with E-state index in [1.165, 1.54) is 11.1 Å². The van der Waals surface area contributed by atoms with Gasteiger partial charge in [0.05, 0.1) is 22.4 Å². The summed E-state index contributed by atoms with van der Waals surface area (Å²) < 4.78 is 6.28. The summed E-state index contributed by atoms with van der Waals surface area (Å²) in [7, 11) is 0. The van der Waals surface area contributed by atoms with Crippen LogP contribution in [0, 0.1) is 0 Å². The van der Waals surface area contributed by atoms with Crippen molar-refractivity contribution in [2.45, 2.75) is 26.7 Å². The molecule has 0 atom stereocenters. The maximum atomic E-state index is 6.28. The van der Waals surface area contributed by atoms with Crippen molar-refractivity contribution in [3.05, 3.63) is 126 Å². The zero-order valence-corrected chi connectivity index (χ0v) is 23.1. The van der Waals surface area contributed by atoms with E-state index in [4.69, 9.17) is 19.4 Å². The number of para-hydroxylation sites is 2. The number of hydrogen-bond acceptors (Lipinski definition) is 4. The fourth-order valence-corrected chi connectivity index (χ4v) is 5.42. The van der Waals surface area contributed by atoms with Crippen LogP contribution in [0.2, 0.25) is 0 Å². The number of hydrogen-bond donors (Lipinski definition) is 0. The lowest BCUT2D eigenvalue weighted by atomic mass is 9.99. The summed E-state index contributed by atoms with van der Waals surface area (Å²) in [5.74, 6) is 0.667. The summed E-state index contributed by atoms with van der Waals surface area (Å²) >= 11 is 0. The molecular weight excluding hydrogens is 502 g/mol. The van der Waals surface area contributed by atoms with Crippen LogP contribution in [0.4, 0.5) is 0 Å². The zero-order valence-electron chi connectivity index (χ0n) is 23.1. The molecule has 7 rings (SSSR count). The molecule has 0 saturated carbocycles. The summed E-state index contributed by atoms with van der Waals surface area (Å²) in [6, 6.07) is 39.6. The molecular formula is C37H29N3O. The molecule has 2 aromatic heterocycles. The number of rotatable bonds is 6. The van der Waals surface area contributed by atoms with E-state index in [9.17, 15) is 0 Å². The van der Waals surface area contributed by atoms with Gasteiger partial charge in [0.25, 0.3) is 0 Å². The molecule has 0 bridgehead atoms. The van der Waals surface area contributed by atoms with Gasteiger partial charge < -0.3 is 4.42 Å². The van der Waals surface area contributed by atoms with Gasteiger partial charge >= 0.3 is 0 Å². The van der Waals surface area contributed by atoms with Gasteiger partial charge in [0.15, 0.2) is 5.58 Å². The summed E-state index contributed by atoms with van der Waals surface area (Å²) in [6.45, 7) is 4.31. The Hall–Kier alpha value is -5.09. The molecule has 4 heteroatoms. The second-order valence-electron chi connectivity index (χ2n) is 10.2. The molecule has 0 amide bonds. The normalized spacial score (nSPS) is 11.4. The molecule has 0 spiro atoms. The summed E-state index contributed by atoms with van der Waals surface area (Å²) in [5, 5.41) is 0. The molecule has 0 fully saturated rings. The molecule has 0 aliphatic rings. The van der Waals surface area contributed by atoms with Gasteiger partial charge in [0.2, 0.25) is 5.89 Å². The Morgan fingerprint density at radius 2 is 0.951 bits per heavy atom. The van der Waals surface area contributed by atoms with Crippen molar-refractivity contribution in [1.29, 1.82) is 0 Å². The van der Waals surface area contributed by atoms with Crippen molar-refractivity contribution in [1.82, 2.24) is 15.0 Å². The number of aryl methyl sites for hydroxylation is 2. The first-order valence-corrected chi connectivity index (χ1v) is 14.2. The van der Waals surface area contributed by atoms with Crippen molar-refractivity contribution < 1.29 is 4.42 Å². The monoisotopic (exact) mass is 531 g/mol. The smallest absolute Gasteiger partial charge is 0.227 e. The van der Waals surface area contributed by atoms with E-state index >= 15 is 0 Å². The summed E-state index contributed by atoms with van der Waals surface area (Å²) in [4.78, 5) is 14.9. The maximum Gasteiger partial charge on any atom is 0.227 e. The highest BCUT2D eigenvalue weighted by atomic mass is 16.3. The minimum atomic E-state index is 0.667. The van der Waals surface area contributed by atoms with E-state index in [0.29, 0.717) is 5.89 Å². The molecule has 5 aromatic carbocycles. The molecule has 0 unspecified atom stereocenters. The van der Waals surface area contributed by atoms with Crippen LogP contribution < -0.4 is 0 Å². The standard InChI is InChI=1S/C37H29N3O/c1-3-24-14-15-25(4-2)36-35(24)40-37(41-36)30-22-18-27(19-23-30)26-16-20-29(21-17-26)34-33(28-10-6-5-7-11-28)38-31-12-8-9-13-32(31)39-34/h5-23H,3-4H2,1-2H3. The van der Waals surface area contributed by atoms with Crippen LogP contribution in [0.15, 0.2) is 120 Å². The first-order chi connectivity index (χ1) is 20.2. The summed E-state index contributed by atoms with van der Waals surface area (Å²) in [5.41, 5.74) is 13.2. The minimum absolute atomic E-state index is 0.667. The van der Waals surface area contributed by atoms with Crippen molar-refractivity contribution >= 4 is 22.1 Å². The van der Waals surface area contributed by atoms with Gasteiger partial charge in [-0.3, -0.25) is 0 Å². The predicted octanol–water partition coefficient (Wildman–Crippen LogP) is 9.56. The molecule has 0 aliphatic carbocycles.